The smallest absolute Gasteiger partial charge is 0.224 e. The predicted octanol–water partition coefficient (Wildman–Crippen LogP) is 2.02. The minimum Gasteiger partial charge on any atom is -0.369 e. The molecule has 1 aromatic rings. The summed E-state index contributed by atoms with van der Waals surface area (Å²) in [6.07, 6.45) is 10.0. The van der Waals surface area contributed by atoms with Crippen molar-refractivity contribution in [2.45, 2.75) is 63.6 Å². The fourth-order valence-electron chi connectivity index (χ4n) is 3.80. The number of rotatable bonds is 5. The molecule has 6 nitrogen and oxygen atoms in total. The number of likely N-dealkylation sites (tertiary alicyclic amines) is 1. The van der Waals surface area contributed by atoms with Crippen molar-refractivity contribution >= 4 is 5.91 Å². The van der Waals surface area contributed by atoms with E-state index in [1.807, 2.05) is 22.7 Å². The van der Waals surface area contributed by atoms with Crippen LogP contribution in [-0.2, 0) is 16.6 Å². The summed E-state index contributed by atoms with van der Waals surface area (Å²) in [6.45, 7) is 4.69. The van der Waals surface area contributed by atoms with Crippen molar-refractivity contribution in [2.24, 2.45) is 7.05 Å². The Balaban J connectivity index is 1.53. The number of nitrogens with zero attached hydrogens (tertiary/aromatic N) is 3. The van der Waals surface area contributed by atoms with Gasteiger partial charge in [0.25, 0.3) is 0 Å². The van der Waals surface area contributed by atoms with Gasteiger partial charge in [0.1, 0.15) is 11.9 Å². The third-order valence-electron chi connectivity index (χ3n) is 5.14. The fraction of sp³-hybridized carbons (Fsp3) is 0.778. The summed E-state index contributed by atoms with van der Waals surface area (Å²) in [5.41, 5.74) is 0. The van der Waals surface area contributed by atoms with Crippen LogP contribution in [0.2, 0.25) is 0 Å². The molecule has 0 bridgehead atoms. The first-order valence-corrected chi connectivity index (χ1v) is 9.28. The molecule has 1 amide bonds. The summed E-state index contributed by atoms with van der Waals surface area (Å²) in [4.78, 5) is 19.0. The van der Waals surface area contributed by atoms with E-state index >= 15 is 0 Å². The number of carbonyl (C=O) groups is 1. The van der Waals surface area contributed by atoms with Crippen LogP contribution in [0, 0.1) is 0 Å². The number of imidazole rings is 1. The molecule has 2 fully saturated rings. The van der Waals surface area contributed by atoms with Crippen molar-refractivity contribution in [3.05, 3.63) is 18.2 Å². The molecular weight excluding hydrogens is 304 g/mol. The molecule has 1 aromatic heterocycles. The maximum absolute atomic E-state index is 12.5. The average Bonchev–Trinajstić information content (AvgIpc) is 3.06. The normalized spacial score (nSPS) is 26.3. The zero-order valence-electron chi connectivity index (χ0n) is 14.9. The molecule has 3 atom stereocenters. The van der Waals surface area contributed by atoms with Crippen LogP contribution >= 0.6 is 0 Å². The highest BCUT2D eigenvalue weighted by atomic mass is 16.5. The average molecular weight is 334 g/mol. The highest BCUT2D eigenvalue weighted by Gasteiger charge is 2.33. The van der Waals surface area contributed by atoms with Gasteiger partial charge in [0.05, 0.1) is 0 Å². The number of nitrogens with one attached hydrogen (secondary N) is 1. The maximum atomic E-state index is 12.5. The molecule has 6 heteroatoms. The van der Waals surface area contributed by atoms with E-state index < -0.39 is 0 Å². The standard InChI is InChI=1S/C18H30N4O2/c1-14(13-16(23)22-9-5-3-4-6-10-22)20-15-7-12-24-17(15)18-19-8-11-21(18)2/h8,11,14-15,17,20H,3-7,9-10,12-13H2,1-2H3/t14-,15-,17-/m0/s1. The number of hydrogen-bond acceptors (Lipinski definition) is 4. The van der Waals surface area contributed by atoms with Crippen LogP contribution in [0.3, 0.4) is 0 Å². The Hall–Kier alpha value is -1.40. The van der Waals surface area contributed by atoms with Crippen LogP contribution in [0.5, 0.6) is 0 Å². The molecule has 3 heterocycles. The largest absolute Gasteiger partial charge is 0.369 e. The number of ether oxygens (including phenoxy) is 1. The lowest BCUT2D eigenvalue weighted by molar-refractivity contribution is -0.131. The van der Waals surface area contributed by atoms with Crippen LogP contribution in [0.15, 0.2) is 12.4 Å². The lowest BCUT2D eigenvalue weighted by Gasteiger charge is -2.26. The minimum atomic E-state index is -0.0271. The van der Waals surface area contributed by atoms with Gasteiger partial charge in [0, 0.05) is 57.6 Å². The number of amides is 1. The van der Waals surface area contributed by atoms with E-state index in [1.165, 1.54) is 12.8 Å². The molecule has 0 saturated carbocycles. The van der Waals surface area contributed by atoms with Gasteiger partial charge >= 0.3 is 0 Å². The zero-order valence-corrected chi connectivity index (χ0v) is 14.9. The van der Waals surface area contributed by atoms with Crippen LogP contribution in [0.4, 0.5) is 0 Å². The van der Waals surface area contributed by atoms with Gasteiger partial charge in [-0.1, -0.05) is 12.8 Å². The summed E-state index contributed by atoms with van der Waals surface area (Å²) in [6, 6.07) is 0.369. The van der Waals surface area contributed by atoms with Gasteiger partial charge in [-0.2, -0.15) is 0 Å². The van der Waals surface area contributed by atoms with Gasteiger partial charge in [0.15, 0.2) is 0 Å². The van der Waals surface area contributed by atoms with Crippen LogP contribution in [0.1, 0.15) is 57.4 Å². The molecule has 2 aliphatic heterocycles. The van der Waals surface area contributed by atoms with Gasteiger partial charge in [-0.05, 0) is 26.2 Å². The number of carbonyl (C=O) groups excluding carboxylic acids is 1. The highest BCUT2D eigenvalue weighted by Crippen LogP contribution is 2.28. The molecule has 0 radical (unpaired) electrons. The van der Waals surface area contributed by atoms with Crippen LogP contribution < -0.4 is 5.32 Å². The predicted molar refractivity (Wildman–Crippen MR) is 92.6 cm³/mol. The lowest BCUT2D eigenvalue weighted by atomic mass is 10.1. The molecule has 2 aliphatic rings. The van der Waals surface area contributed by atoms with E-state index in [2.05, 4.69) is 17.2 Å². The van der Waals surface area contributed by atoms with E-state index in [1.54, 1.807) is 6.20 Å². The van der Waals surface area contributed by atoms with Gasteiger partial charge in [-0.3, -0.25) is 4.79 Å². The molecule has 0 unspecified atom stereocenters. The number of aromatic nitrogens is 2. The van der Waals surface area contributed by atoms with Crippen molar-refractivity contribution in [1.29, 1.82) is 0 Å². The molecule has 1 N–H and O–H groups in total. The minimum absolute atomic E-state index is 0.0271. The molecule has 3 rings (SSSR count). The van der Waals surface area contributed by atoms with E-state index in [-0.39, 0.29) is 24.1 Å². The second kappa shape index (κ2) is 8.12. The summed E-state index contributed by atoms with van der Waals surface area (Å²) >= 11 is 0. The van der Waals surface area contributed by atoms with Crippen molar-refractivity contribution in [1.82, 2.24) is 19.8 Å². The van der Waals surface area contributed by atoms with Crippen molar-refractivity contribution in [3.8, 4) is 0 Å². The Morgan fingerprint density at radius 2 is 2.12 bits per heavy atom. The first-order valence-electron chi connectivity index (χ1n) is 9.28. The van der Waals surface area contributed by atoms with Gasteiger partial charge in [-0.15, -0.1) is 0 Å². The first-order chi connectivity index (χ1) is 11.6. The Bertz CT molecular complexity index is 537. The van der Waals surface area contributed by atoms with E-state index in [0.29, 0.717) is 6.42 Å². The molecule has 0 aliphatic carbocycles. The van der Waals surface area contributed by atoms with Gasteiger partial charge in [-0.25, -0.2) is 4.98 Å². The van der Waals surface area contributed by atoms with Crippen molar-refractivity contribution in [3.63, 3.8) is 0 Å². The maximum Gasteiger partial charge on any atom is 0.224 e. The number of aryl methyl sites for hydroxylation is 1. The van der Waals surface area contributed by atoms with E-state index in [9.17, 15) is 4.79 Å². The molecular formula is C18H30N4O2. The number of hydrogen-bond donors (Lipinski definition) is 1. The first kappa shape index (κ1) is 17.4. The Labute approximate surface area is 144 Å². The second-order valence-electron chi connectivity index (χ2n) is 7.15. The summed E-state index contributed by atoms with van der Waals surface area (Å²) in [5, 5.41) is 3.60. The lowest BCUT2D eigenvalue weighted by Crippen LogP contribution is -2.42. The summed E-state index contributed by atoms with van der Waals surface area (Å²) in [5.74, 6) is 1.24. The van der Waals surface area contributed by atoms with E-state index in [4.69, 9.17) is 4.74 Å². The molecule has 24 heavy (non-hydrogen) atoms. The topological polar surface area (TPSA) is 59.4 Å². The SMILES string of the molecule is C[C@@H](CC(=O)N1CCCCCC1)N[C@H]1CCO[C@@H]1c1nccn1C. The Morgan fingerprint density at radius 1 is 1.38 bits per heavy atom. The third-order valence-corrected chi connectivity index (χ3v) is 5.14. The Morgan fingerprint density at radius 3 is 2.79 bits per heavy atom. The van der Waals surface area contributed by atoms with Crippen molar-refractivity contribution in [2.75, 3.05) is 19.7 Å². The second-order valence-corrected chi connectivity index (χ2v) is 7.15. The molecule has 2 saturated heterocycles. The zero-order chi connectivity index (χ0) is 16.9. The molecule has 0 spiro atoms. The Kier molecular flexibility index (Phi) is 5.89. The van der Waals surface area contributed by atoms with Crippen LogP contribution in [-0.4, -0.2) is 52.1 Å². The molecule has 0 aromatic carbocycles. The van der Waals surface area contributed by atoms with Gasteiger partial charge in [0.2, 0.25) is 5.91 Å². The van der Waals surface area contributed by atoms with E-state index in [0.717, 1.165) is 44.8 Å². The highest BCUT2D eigenvalue weighted by molar-refractivity contribution is 5.76. The monoisotopic (exact) mass is 334 g/mol. The fourth-order valence-corrected chi connectivity index (χ4v) is 3.80. The van der Waals surface area contributed by atoms with Gasteiger partial charge < -0.3 is 19.5 Å². The summed E-state index contributed by atoms with van der Waals surface area (Å²) < 4.78 is 7.90. The molecule has 134 valence electrons. The van der Waals surface area contributed by atoms with Crippen molar-refractivity contribution < 1.29 is 9.53 Å². The van der Waals surface area contributed by atoms with Crippen LogP contribution in [0.25, 0.3) is 0 Å². The summed E-state index contributed by atoms with van der Waals surface area (Å²) in [7, 11) is 1.99. The third kappa shape index (κ3) is 4.16. The quantitative estimate of drug-likeness (QED) is 0.895.